The van der Waals surface area contributed by atoms with Gasteiger partial charge in [0.15, 0.2) is 5.69 Å². The number of hydrogen-bond donors (Lipinski definition) is 2. The van der Waals surface area contributed by atoms with Crippen molar-refractivity contribution in [3.8, 4) is 11.4 Å². The van der Waals surface area contributed by atoms with Crippen LogP contribution in [0, 0.1) is 17.0 Å². The number of aromatic nitrogens is 2. The van der Waals surface area contributed by atoms with Gasteiger partial charge in [-0.25, -0.2) is 13.8 Å². The molecule has 1 aromatic carbocycles. The molecule has 0 spiro atoms. The van der Waals surface area contributed by atoms with E-state index in [1.807, 2.05) is 32.4 Å². The number of amides is 2. The lowest BCUT2D eigenvalue weighted by Gasteiger charge is -2.29. The zero-order valence-corrected chi connectivity index (χ0v) is 18.6. The summed E-state index contributed by atoms with van der Waals surface area (Å²) in [5.74, 6) is -1.96. The first-order valence-corrected chi connectivity index (χ1v) is 10.3. The van der Waals surface area contributed by atoms with E-state index in [0.717, 1.165) is 19.0 Å². The van der Waals surface area contributed by atoms with Crippen LogP contribution in [-0.2, 0) is 17.9 Å². The lowest BCUT2D eigenvalue weighted by Crippen LogP contribution is -2.53. The second-order valence-corrected chi connectivity index (χ2v) is 8.98. The Kier molecular flexibility index (Phi) is 6.45. The number of imidazole rings is 1. The average molecular weight is 434 g/mol. The molecule has 1 aliphatic rings. The van der Waals surface area contributed by atoms with E-state index < -0.39 is 29.0 Å². The maximum atomic E-state index is 14.6. The van der Waals surface area contributed by atoms with Gasteiger partial charge in [-0.2, -0.15) is 0 Å². The zero-order valence-electron chi connectivity index (χ0n) is 18.6. The van der Waals surface area contributed by atoms with Crippen LogP contribution >= 0.6 is 0 Å². The first-order valence-electron chi connectivity index (χ1n) is 10.3. The summed E-state index contributed by atoms with van der Waals surface area (Å²) in [6.45, 7) is 7.36. The van der Waals surface area contributed by atoms with E-state index in [1.165, 1.54) is 19.2 Å². The van der Waals surface area contributed by atoms with Crippen molar-refractivity contribution >= 4 is 11.8 Å². The average Bonchev–Trinajstić information content (AvgIpc) is 2.90. The minimum Gasteiger partial charge on any atom is -0.357 e. The summed E-state index contributed by atoms with van der Waals surface area (Å²) in [6, 6.07) is 2.53. The fourth-order valence-electron chi connectivity index (χ4n) is 3.80. The summed E-state index contributed by atoms with van der Waals surface area (Å²) in [6.07, 6.45) is 0.791. The summed E-state index contributed by atoms with van der Waals surface area (Å²) in [4.78, 5) is 32.2. The van der Waals surface area contributed by atoms with Crippen LogP contribution in [-0.4, -0.2) is 52.9 Å². The van der Waals surface area contributed by atoms with Gasteiger partial charge in [0, 0.05) is 26.2 Å². The first-order chi connectivity index (χ1) is 14.5. The lowest BCUT2D eigenvalue weighted by atomic mass is 9.86. The van der Waals surface area contributed by atoms with E-state index in [-0.39, 0.29) is 23.0 Å². The topological polar surface area (TPSA) is 79.3 Å². The third-order valence-corrected chi connectivity index (χ3v) is 5.45. The van der Waals surface area contributed by atoms with E-state index in [9.17, 15) is 18.4 Å². The Balaban J connectivity index is 2.08. The molecule has 2 heterocycles. The summed E-state index contributed by atoms with van der Waals surface area (Å²) in [5.41, 5.74) is 0.381. The van der Waals surface area contributed by atoms with Gasteiger partial charge in [0.1, 0.15) is 23.5 Å². The first kappa shape index (κ1) is 22.9. The molecular weight excluding hydrogens is 404 g/mol. The molecule has 1 aromatic heterocycles. The number of rotatable bonds is 4. The number of nitrogens with one attached hydrogen (secondary N) is 2. The van der Waals surface area contributed by atoms with Crippen molar-refractivity contribution in [3.05, 3.63) is 41.2 Å². The molecule has 0 saturated heterocycles. The molecule has 9 heteroatoms. The molecule has 168 valence electrons. The quantitative estimate of drug-likeness (QED) is 0.777. The molecule has 1 atom stereocenters. The van der Waals surface area contributed by atoms with Gasteiger partial charge >= 0.3 is 0 Å². The highest BCUT2D eigenvalue weighted by molar-refractivity contribution is 5.97. The van der Waals surface area contributed by atoms with Gasteiger partial charge in [-0.1, -0.05) is 20.8 Å². The van der Waals surface area contributed by atoms with Crippen molar-refractivity contribution < 1.29 is 18.4 Å². The molecule has 1 aliphatic heterocycles. The monoisotopic (exact) mass is 433 g/mol. The summed E-state index contributed by atoms with van der Waals surface area (Å²) < 4.78 is 29.8. The normalized spacial score (nSPS) is 15.7. The molecular formula is C22H29F2N5O2. The fraction of sp³-hybridized carbons (Fsp3) is 0.500. The van der Waals surface area contributed by atoms with Crippen LogP contribution in [0.1, 0.15) is 43.4 Å². The van der Waals surface area contributed by atoms with E-state index in [2.05, 4.69) is 20.5 Å². The third kappa shape index (κ3) is 4.76. The molecule has 2 aromatic rings. The van der Waals surface area contributed by atoms with Crippen LogP contribution in [0.2, 0.25) is 0 Å². The van der Waals surface area contributed by atoms with Crippen LogP contribution < -0.4 is 10.6 Å². The Hall–Kier alpha value is -2.81. The predicted molar refractivity (Wildman–Crippen MR) is 113 cm³/mol. The Morgan fingerprint density at radius 1 is 1.19 bits per heavy atom. The SMILES string of the molecule is CNC(=O)C(NC(=O)c1nc(-c2ccc(F)cc2F)n2c1CN(C)CCC2)C(C)(C)C. The molecule has 0 aliphatic carbocycles. The van der Waals surface area contributed by atoms with Crippen LogP contribution in [0.4, 0.5) is 8.78 Å². The molecule has 0 fully saturated rings. The molecule has 7 nitrogen and oxygen atoms in total. The molecule has 2 N–H and O–H groups in total. The standard InChI is InChI=1S/C22H29F2N5O2/c1-22(2,3)18(21(31)25-4)27-20(30)17-16-12-28(5)9-6-10-29(16)19(26-17)14-8-7-13(23)11-15(14)24/h7-8,11,18H,6,9-10,12H2,1-5H3,(H,25,31)(H,27,30). The Labute approximate surface area is 180 Å². The number of halogens is 2. The second kappa shape index (κ2) is 8.74. The van der Waals surface area contributed by atoms with Crippen molar-refractivity contribution in [1.29, 1.82) is 0 Å². The van der Waals surface area contributed by atoms with Crippen molar-refractivity contribution in [1.82, 2.24) is 25.1 Å². The van der Waals surface area contributed by atoms with E-state index in [4.69, 9.17) is 0 Å². The van der Waals surface area contributed by atoms with Crippen molar-refractivity contribution in [3.63, 3.8) is 0 Å². The summed E-state index contributed by atoms with van der Waals surface area (Å²) in [7, 11) is 3.45. The van der Waals surface area contributed by atoms with Crippen LogP contribution in [0.15, 0.2) is 18.2 Å². The number of benzene rings is 1. The van der Waals surface area contributed by atoms with Crippen LogP contribution in [0.5, 0.6) is 0 Å². The predicted octanol–water partition coefficient (Wildman–Crippen LogP) is 2.55. The number of carbonyl (C=O) groups is 2. The zero-order chi connectivity index (χ0) is 22.9. The third-order valence-electron chi connectivity index (χ3n) is 5.45. The second-order valence-electron chi connectivity index (χ2n) is 8.98. The Morgan fingerprint density at radius 3 is 2.52 bits per heavy atom. The fourth-order valence-corrected chi connectivity index (χ4v) is 3.80. The maximum absolute atomic E-state index is 14.6. The number of hydrogen-bond acceptors (Lipinski definition) is 4. The highest BCUT2D eigenvalue weighted by Gasteiger charge is 2.35. The van der Waals surface area contributed by atoms with Gasteiger partial charge in [0.2, 0.25) is 5.91 Å². The largest absolute Gasteiger partial charge is 0.357 e. The van der Waals surface area contributed by atoms with Crippen molar-refractivity contribution in [2.24, 2.45) is 5.41 Å². The smallest absolute Gasteiger partial charge is 0.272 e. The Bertz CT molecular complexity index is 997. The van der Waals surface area contributed by atoms with E-state index >= 15 is 0 Å². The Morgan fingerprint density at radius 2 is 1.90 bits per heavy atom. The molecule has 0 radical (unpaired) electrons. The van der Waals surface area contributed by atoms with Gasteiger partial charge in [-0.3, -0.25) is 9.59 Å². The maximum Gasteiger partial charge on any atom is 0.272 e. The number of likely N-dealkylation sites (N-methyl/N-ethyl adjacent to an activating group) is 1. The van der Waals surface area contributed by atoms with Crippen molar-refractivity contribution in [2.45, 2.75) is 46.3 Å². The number of carbonyl (C=O) groups excluding carboxylic acids is 2. The van der Waals surface area contributed by atoms with Crippen LogP contribution in [0.3, 0.4) is 0 Å². The van der Waals surface area contributed by atoms with Gasteiger partial charge in [0.25, 0.3) is 5.91 Å². The van der Waals surface area contributed by atoms with E-state index in [0.29, 0.717) is 18.8 Å². The lowest BCUT2D eigenvalue weighted by molar-refractivity contribution is -0.124. The number of nitrogens with zero attached hydrogens (tertiary/aromatic N) is 3. The van der Waals surface area contributed by atoms with Crippen LogP contribution in [0.25, 0.3) is 11.4 Å². The minimum absolute atomic E-state index is 0.130. The van der Waals surface area contributed by atoms with Gasteiger partial charge in [0.05, 0.1) is 11.3 Å². The molecule has 0 saturated carbocycles. The molecule has 0 bridgehead atoms. The van der Waals surface area contributed by atoms with Crippen molar-refractivity contribution in [2.75, 3.05) is 20.6 Å². The molecule has 3 rings (SSSR count). The number of fused-ring (bicyclic) bond motifs is 1. The van der Waals surface area contributed by atoms with Gasteiger partial charge < -0.3 is 20.1 Å². The van der Waals surface area contributed by atoms with Gasteiger partial charge in [-0.05, 0) is 37.6 Å². The molecule has 2 amide bonds. The highest BCUT2D eigenvalue weighted by Crippen LogP contribution is 2.29. The van der Waals surface area contributed by atoms with E-state index in [1.54, 1.807) is 0 Å². The summed E-state index contributed by atoms with van der Waals surface area (Å²) in [5, 5.41) is 5.38. The molecule has 31 heavy (non-hydrogen) atoms. The minimum atomic E-state index is -0.781. The molecule has 1 unspecified atom stereocenters. The van der Waals surface area contributed by atoms with Gasteiger partial charge in [-0.15, -0.1) is 0 Å². The summed E-state index contributed by atoms with van der Waals surface area (Å²) >= 11 is 0. The highest BCUT2D eigenvalue weighted by atomic mass is 19.1.